The summed E-state index contributed by atoms with van der Waals surface area (Å²) in [6.45, 7) is 6.41. The molecule has 0 radical (unpaired) electrons. The molecule has 2 heterocycles. The minimum absolute atomic E-state index is 0. The van der Waals surface area contributed by atoms with Crippen LogP contribution in [0.25, 0.3) is 0 Å². The molecule has 0 atom stereocenters. The van der Waals surface area contributed by atoms with Crippen LogP contribution in [0.1, 0.15) is 6.92 Å². The Kier molecular flexibility index (Phi) is 6.34. The zero-order chi connectivity index (χ0) is 14.9. The molecule has 0 unspecified atom stereocenters. The molecule has 0 fully saturated rings. The van der Waals surface area contributed by atoms with E-state index >= 15 is 0 Å². The van der Waals surface area contributed by atoms with Crippen LogP contribution in [0.15, 0.2) is 21.9 Å². The van der Waals surface area contributed by atoms with Gasteiger partial charge < -0.3 is 14.9 Å². The Bertz CT molecular complexity index is 616. The number of aromatic nitrogens is 2. The summed E-state index contributed by atoms with van der Waals surface area (Å²) in [7, 11) is 6.73. The standard InChI is InChI=1S/C9H13N4O2.C3H6O.Ag/c1-10-5-11(2)7-6(10)8(14)13(4)9(15)12(7)3;1-3(2)4;/h5H,1-4H3;4H,1H2,2H3;/q-1;;+1. The number of hydrogen-bond donors (Lipinski definition) is 1. The van der Waals surface area contributed by atoms with E-state index in [-0.39, 0.29) is 39.4 Å². The zero-order valence-corrected chi connectivity index (χ0v) is 13.6. The summed E-state index contributed by atoms with van der Waals surface area (Å²) in [5.74, 6) is 0.797. The predicted molar refractivity (Wildman–Crippen MR) is 75.5 cm³/mol. The van der Waals surface area contributed by atoms with Crippen LogP contribution in [0.5, 0.6) is 0 Å². The molecule has 116 valence electrons. The SMILES string of the molecule is C=C(C)O.CN1[CH-]N(C)c2c1c(=O)n(C)c(=O)n2C.[Ag+]. The first-order valence-electron chi connectivity index (χ1n) is 5.63. The molecule has 1 aliphatic heterocycles. The van der Waals surface area contributed by atoms with Crippen LogP contribution in [-0.2, 0) is 36.5 Å². The minimum atomic E-state index is -0.311. The molecule has 0 saturated heterocycles. The number of fused-ring (bicyclic) bond motifs is 1. The van der Waals surface area contributed by atoms with Crippen LogP contribution in [0.2, 0.25) is 0 Å². The number of nitrogens with zero attached hydrogens (tertiary/aromatic N) is 4. The van der Waals surface area contributed by atoms with Crippen molar-refractivity contribution in [1.82, 2.24) is 9.13 Å². The monoisotopic (exact) mass is 374 g/mol. The fraction of sp³-hybridized carbons (Fsp3) is 0.417. The maximum Gasteiger partial charge on any atom is 1.00 e. The third-order valence-electron chi connectivity index (χ3n) is 2.64. The maximum absolute atomic E-state index is 11.9. The van der Waals surface area contributed by atoms with E-state index in [1.165, 1.54) is 18.5 Å². The zero-order valence-electron chi connectivity index (χ0n) is 12.1. The summed E-state index contributed by atoms with van der Waals surface area (Å²) >= 11 is 0. The molecule has 0 bridgehead atoms. The van der Waals surface area contributed by atoms with Gasteiger partial charge in [-0.15, -0.1) is 0 Å². The molecule has 1 aromatic heterocycles. The van der Waals surface area contributed by atoms with E-state index in [1.807, 2.05) is 0 Å². The van der Waals surface area contributed by atoms with Gasteiger partial charge in [0.25, 0.3) is 5.56 Å². The molecule has 20 heavy (non-hydrogen) atoms. The van der Waals surface area contributed by atoms with E-state index in [9.17, 15) is 9.59 Å². The van der Waals surface area contributed by atoms with Crippen molar-refractivity contribution in [3.63, 3.8) is 0 Å². The Balaban J connectivity index is 0.000000644. The molecule has 1 aromatic rings. The Morgan fingerprint density at radius 3 is 2.00 bits per heavy atom. The molecule has 0 amide bonds. The van der Waals surface area contributed by atoms with Crippen molar-refractivity contribution in [1.29, 1.82) is 0 Å². The number of aliphatic hydroxyl groups is 1. The van der Waals surface area contributed by atoms with Gasteiger partial charge in [0.1, 0.15) is 11.5 Å². The van der Waals surface area contributed by atoms with Crippen molar-refractivity contribution in [2.75, 3.05) is 23.9 Å². The van der Waals surface area contributed by atoms with Crippen LogP contribution >= 0.6 is 0 Å². The summed E-state index contributed by atoms with van der Waals surface area (Å²) in [5.41, 5.74) is -0.0485. The molecule has 7 nitrogen and oxygen atoms in total. The first-order chi connectivity index (χ1) is 8.68. The Morgan fingerprint density at radius 1 is 1.10 bits per heavy atom. The van der Waals surface area contributed by atoms with Crippen LogP contribution in [0, 0.1) is 6.67 Å². The fourth-order valence-corrected chi connectivity index (χ4v) is 1.90. The van der Waals surface area contributed by atoms with E-state index in [0.717, 1.165) is 4.57 Å². The summed E-state index contributed by atoms with van der Waals surface area (Å²) < 4.78 is 2.58. The third kappa shape index (κ3) is 3.36. The average molecular weight is 375 g/mol. The molecule has 0 saturated carbocycles. The van der Waals surface area contributed by atoms with Gasteiger partial charge >= 0.3 is 28.1 Å². The van der Waals surface area contributed by atoms with Crippen molar-refractivity contribution in [3.8, 4) is 0 Å². The molecule has 0 aliphatic carbocycles. The van der Waals surface area contributed by atoms with Gasteiger partial charge in [-0.25, -0.2) is 4.79 Å². The smallest absolute Gasteiger partial charge is 0.513 e. The van der Waals surface area contributed by atoms with Crippen LogP contribution in [0.4, 0.5) is 11.5 Å². The largest absolute Gasteiger partial charge is 1.00 e. The minimum Gasteiger partial charge on any atom is -0.513 e. The second-order valence-corrected chi connectivity index (χ2v) is 4.45. The van der Waals surface area contributed by atoms with E-state index in [0.29, 0.717) is 11.5 Å². The molecule has 2 rings (SSSR count). The van der Waals surface area contributed by atoms with Crippen molar-refractivity contribution in [2.24, 2.45) is 14.1 Å². The molecule has 8 heteroatoms. The summed E-state index contributed by atoms with van der Waals surface area (Å²) in [6.07, 6.45) is 0. The van der Waals surface area contributed by atoms with Crippen LogP contribution in [-0.4, -0.2) is 28.3 Å². The molecule has 0 spiro atoms. The Labute approximate surface area is 133 Å². The summed E-state index contributed by atoms with van der Waals surface area (Å²) in [4.78, 5) is 27.0. The van der Waals surface area contributed by atoms with Crippen molar-refractivity contribution in [3.05, 3.63) is 39.8 Å². The van der Waals surface area contributed by atoms with E-state index in [1.54, 1.807) is 37.6 Å². The first kappa shape index (κ1) is 18.6. The van der Waals surface area contributed by atoms with Gasteiger partial charge in [-0.05, 0) is 21.0 Å². The number of aliphatic hydroxyl groups excluding tert-OH is 1. The predicted octanol–water partition coefficient (Wildman–Crippen LogP) is 0.165. The first-order valence-corrected chi connectivity index (χ1v) is 5.63. The van der Waals surface area contributed by atoms with E-state index in [4.69, 9.17) is 5.11 Å². The topological polar surface area (TPSA) is 70.7 Å². The van der Waals surface area contributed by atoms with Gasteiger partial charge in [0.05, 0.1) is 5.76 Å². The number of hydrogen-bond acceptors (Lipinski definition) is 5. The second-order valence-electron chi connectivity index (χ2n) is 4.45. The van der Waals surface area contributed by atoms with Gasteiger partial charge in [-0.3, -0.25) is 13.9 Å². The Hall–Kier alpha value is -1.44. The maximum atomic E-state index is 11.9. The number of anilines is 2. The van der Waals surface area contributed by atoms with Crippen molar-refractivity contribution in [2.45, 2.75) is 6.92 Å². The molecule has 0 aromatic carbocycles. The van der Waals surface area contributed by atoms with Gasteiger partial charge in [-0.1, -0.05) is 6.58 Å². The third-order valence-corrected chi connectivity index (χ3v) is 2.64. The quantitative estimate of drug-likeness (QED) is 0.398. The van der Waals surface area contributed by atoms with Crippen molar-refractivity contribution >= 4 is 11.5 Å². The van der Waals surface area contributed by atoms with Crippen LogP contribution in [0.3, 0.4) is 0 Å². The molecule has 1 N–H and O–H groups in total. The van der Waals surface area contributed by atoms with Gasteiger partial charge in [0.2, 0.25) is 0 Å². The molecule has 1 aliphatic rings. The normalized spacial score (nSPS) is 12.2. The summed E-state index contributed by atoms with van der Waals surface area (Å²) in [6, 6.07) is 0. The van der Waals surface area contributed by atoms with Gasteiger partial charge in [-0.2, -0.15) is 6.67 Å². The molecular weight excluding hydrogens is 356 g/mol. The average Bonchev–Trinajstić information content (AvgIpc) is 2.58. The van der Waals surface area contributed by atoms with Crippen molar-refractivity contribution < 1.29 is 27.5 Å². The number of rotatable bonds is 0. The van der Waals surface area contributed by atoms with E-state index in [2.05, 4.69) is 6.58 Å². The second kappa shape index (κ2) is 6.83. The van der Waals surface area contributed by atoms with Gasteiger partial charge in [0.15, 0.2) is 0 Å². The number of allylic oxidation sites excluding steroid dienone is 1. The fourth-order valence-electron chi connectivity index (χ4n) is 1.90. The van der Waals surface area contributed by atoms with Crippen LogP contribution < -0.4 is 21.0 Å². The van der Waals surface area contributed by atoms with E-state index < -0.39 is 0 Å². The Morgan fingerprint density at radius 2 is 1.55 bits per heavy atom. The molecular formula is C12H19AgN4O3. The summed E-state index contributed by atoms with van der Waals surface area (Å²) in [5, 5.41) is 7.86. The van der Waals surface area contributed by atoms with Gasteiger partial charge in [0, 0.05) is 14.1 Å².